The highest BCUT2D eigenvalue weighted by Gasteiger charge is 2.34. The third-order valence-corrected chi connectivity index (χ3v) is 3.53. The van der Waals surface area contributed by atoms with E-state index in [1.807, 2.05) is 0 Å². The van der Waals surface area contributed by atoms with E-state index >= 15 is 0 Å². The van der Waals surface area contributed by atoms with Crippen LogP contribution >= 0.6 is 0 Å². The van der Waals surface area contributed by atoms with Crippen molar-refractivity contribution in [3.8, 4) is 5.75 Å². The Kier molecular flexibility index (Phi) is 4.59. The molecule has 8 nitrogen and oxygen atoms in total. The second-order valence-electron chi connectivity index (χ2n) is 4.94. The van der Waals surface area contributed by atoms with Crippen molar-refractivity contribution in [3.05, 3.63) is 33.9 Å². The van der Waals surface area contributed by atoms with Gasteiger partial charge in [-0.25, -0.2) is 0 Å². The van der Waals surface area contributed by atoms with Crippen molar-refractivity contribution in [1.29, 1.82) is 0 Å². The summed E-state index contributed by atoms with van der Waals surface area (Å²) in [5, 5.41) is 20.1. The molecule has 1 aromatic rings. The first-order chi connectivity index (χ1) is 10.4. The summed E-state index contributed by atoms with van der Waals surface area (Å²) in [6.45, 7) is 2.47. The number of carbonyl (C=O) groups excluding carboxylic acids is 1. The van der Waals surface area contributed by atoms with Gasteiger partial charge in [0.25, 0.3) is 11.6 Å². The Balaban J connectivity index is 2.29. The van der Waals surface area contributed by atoms with Crippen LogP contribution in [0.1, 0.15) is 23.7 Å². The molecule has 1 N–H and O–H groups in total. The number of carboxylic acid groups (broad SMARTS) is 1. The average molecular weight is 308 g/mol. The Morgan fingerprint density at radius 2 is 2.23 bits per heavy atom. The van der Waals surface area contributed by atoms with Crippen LogP contribution < -0.4 is 4.74 Å². The lowest BCUT2D eigenvalue weighted by molar-refractivity contribution is -0.385. The fourth-order valence-corrected chi connectivity index (χ4v) is 2.42. The van der Waals surface area contributed by atoms with Gasteiger partial charge in [-0.2, -0.15) is 0 Å². The van der Waals surface area contributed by atoms with Crippen molar-refractivity contribution >= 4 is 17.6 Å². The van der Waals surface area contributed by atoms with Crippen LogP contribution in [0.25, 0.3) is 0 Å². The number of aliphatic carboxylic acids is 1. The maximum atomic E-state index is 12.5. The topological polar surface area (TPSA) is 110 Å². The van der Waals surface area contributed by atoms with Crippen LogP contribution in [0.5, 0.6) is 5.75 Å². The van der Waals surface area contributed by atoms with Crippen molar-refractivity contribution in [3.63, 3.8) is 0 Å². The molecule has 1 unspecified atom stereocenters. The molecule has 2 rings (SSSR count). The summed E-state index contributed by atoms with van der Waals surface area (Å²) >= 11 is 0. The quantitative estimate of drug-likeness (QED) is 0.652. The van der Waals surface area contributed by atoms with Crippen molar-refractivity contribution in [2.75, 3.05) is 19.7 Å². The van der Waals surface area contributed by atoms with Crippen molar-refractivity contribution in [2.45, 2.75) is 13.3 Å². The largest absolute Gasteiger partial charge is 0.494 e. The molecule has 1 aliphatic rings. The smallest absolute Gasteiger partial charge is 0.308 e. The number of hydrogen-bond acceptors (Lipinski definition) is 5. The van der Waals surface area contributed by atoms with Gasteiger partial charge in [-0.3, -0.25) is 19.7 Å². The average Bonchev–Trinajstić information content (AvgIpc) is 2.96. The number of nitrogens with zero attached hydrogens (tertiary/aromatic N) is 2. The summed E-state index contributed by atoms with van der Waals surface area (Å²) in [5.41, 5.74) is -0.394. The number of amides is 1. The summed E-state index contributed by atoms with van der Waals surface area (Å²) < 4.78 is 5.27. The van der Waals surface area contributed by atoms with E-state index in [1.165, 1.54) is 23.1 Å². The van der Waals surface area contributed by atoms with E-state index in [1.54, 1.807) is 6.92 Å². The number of carbonyl (C=O) groups is 2. The Labute approximate surface area is 126 Å². The summed E-state index contributed by atoms with van der Waals surface area (Å²) in [6.07, 6.45) is 0.347. The van der Waals surface area contributed by atoms with Gasteiger partial charge in [-0.1, -0.05) is 0 Å². The molecule has 22 heavy (non-hydrogen) atoms. The number of hydrogen-bond donors (Lipinski definition) is 1. The zero-order valence-electron chi connectivity index (χ0n) is 12.0. The van der Waals surface area contributed by atoms with Crippen LogP contribution in [0.4, 0.5) is 5.69 Å². The molecule has 1 fully saturated rings. The second kappa shape index (κ2) is 6.42. The van der Waals surface area contributed by atoms with Crippen molar-refractivity contribution < 1.29 is 24.4 Å². The first-order valence-electron chi connectivity index (χ1n) is 6.87. The summed E-state index contributed by atoms with van der Waals surface area (Å²) in [5.74, 6) is -1.77. The van der Waals surface area contributed by atoms with Crippen LogP contribution in [0.2, 0.25) is 0 Å². The lowest BCUT2D eigenvalue weighted by Gasteiger charge is -2.16. The fraction of sp³-hybridized carbons (Fsp3) is 0.429. The Morgan fingerprint density at radius 1 is 1.50 bits per heavy atom. The third kappa shape index (κ3) is 3.16. The van der Waals surface area contributed by atoms with Gasteiger partial charge in [0, 0.05) is 19.2 Å². The molecule has 1 atom stereocenters. The third-order valence-electron chi connectivity index (χ3n) is 3.53. The normalized spacial score (nSPS) is 17.3. The van der Waals surface area contributed by atoms with E-state index < -0.39 is 22.7 Å². The molecule has 0 saturated carbocycles. The molecule has 0 spiro atoms. The minimum absolute atomic E-state index is 0.0597. The van der Waals surface area contributed by atoms with E-state index in [9.17, 15) is 19.7 Å². The van der Waals surface area contributed by atoms with E-state index in [2.05, 4.69) is 0 Å². The molecule has 1 aliphatic heterocycles. The number of nitro groups is 1. The van der Waals surface area contributed by atoms with Crippen LogP contribution in [-0.4, -0.2) is 46.5 Å². The van der Waals surface area contributed by atoms with Crippen LogP contribution in [0, 0.1) is 16.0 Å². The minimum atomic E-state index is -0.965. The zero-order chi connectivity index (χ0) is 16.3. The number of rotatable bonds is 5. The molecular weight excluding hydrogens is 292 g/mol. The van der Waals surface area contributed by atoms with Gasteiger partial charge < -0.3 is 14.7 Å². The number of benzene rings is 1. The first-order valence-corrected chi connectivity index (χ1v) is 6.87. The van der Waals surface area contributed by atoms with E-state index in [0.29, 0.717) is 18.8 Å². The van der Waals surface area contributed by atoms with Gasteiger partial charge in [-0.15, -0.1) is 0 Å². The van der Waals surface area contributed by atoms with E-state index in [4.69, 9.17) is 9.84 Å². The summed E-state index contributed by atoms with van der Waals surface area (Å²) in [4.78, 5) is 35.2. The SMILES string of the molecule is CCOc1ccc([N+](=O)[O-])c(C(=O)N2CCC(C(=O)O)C2)c1. The first kappa shape index (κ1) is 15.7. The predicted octanol–water partition coefficient (Wildman–Crippen LogP) is 1.54. The van der Waals surface area contributed by atoms with E-state index in [-0.39, 0.29) is 24.3 Å². The Morgan fingerprint density at radius 3 is 2.77 bits per heavy atom. The Bertz CT molecular complexity index is 615. The minimum Gasteiger partial charge on any atom is -0.494 e. The number of likely N-dealkylation sites (tertiary alicyclic amines) is 1. The number of carboxylic acids is 1. The molecule has 1 aromatic carbocycles. The maximum absolute atomic E-state index is 12.5. The second-order valence-corrected chi connectivity index (χ2v) is 4.94. The number of ether oxygens (including phenoxy) is 1. The van der Waals surface area contributed by atoms with Crippen LogP contribution in [-0.2, 0) is 4.79 Å². The molecule has 0 aliphatic carbocycles. The highest BCUT2D eigenvalue weighted by Crippen LogP contribution is 2.27. The predicted molar refractivity (Wildman–Crippen MR) is 75.9 cm³/mol. The van der Waals surface area contributed by atoms with Gasteiger partial charge in [0.05, 0.1) is 17.4 Å². The molecule has 1 saturated heterocycles. The molecule has 118 valence electrons. The van der Waals surface area contributed by atoms with Gasteiger partial charge >= 0.3 is 5.97 Å². The molecule has 0 radical (unpaired) electrons. The lowest BCUT2D eigenvalue weighted by Crippen LogP contribution is -2.30. The highest BCUT2D eigenvalue weighted by molar-refractivity contribution is 5.99. The highest BCUT2D eigenvalue weighted by atomic mass is 16.6. The van der Waals surface area contributed by atoms with Crippen molar-refractivity contribution in [2.24, 2.45) is 5.92 Å². The molecule has 0 bridgehead atoms. The van der Waals surface area contributed by atoms with Crippen LogP contribution in [0.3, 0.4) is 0 Å². The van der Waals surface area contributed by atoms with Crippen LogP contribution in [0.15, 0.2) is 18.2 Å². The van der Waals surface area contributed by atoms with Crippen molar-refractivity contribution in [1.82, 2.24) is 4.90 Å². The molecule has 0 aromatic heterocycles. The van der Waals surface area contributed by atoms with Gasteiger partial charge in [-0.05, 0) is 25.5 Å². The number of nitro benzene ring substituents is 1. The molecule has 1 amide bonds. The van der Waals surface area contributed by atoms with Gasteiger partial charge in [0.15, 0.2) is 0 Å². The lowest BCUT2D eigenvalue weighted by atomic mass is 10.1. The molecule has 8 heteroatoms. The van der Waals surface area contributed by atoms with E-state index in [0.717, 1.165) is 0 Å². The maximum Gasteiger partial charge on any atom is 0.308 e. The molecule has 1 heterocycles. The van der Waals surface area contributed by atoms with Gasteiger partial charge in [0.1, 0.15) is 11.3 Å². The summed E-state index contributed by atoms with van der Waals surface area (Å²) in [6, 6.07) is 3.99. The zero-order valence-corrected chi connectivity index (χ0v) is 12.0. The van der Waals surface area contributed by atoms with Gasteiger partial charge in [0.2, 0.25) is 0 Å². The summed E-state index contributed by atoms with van der Waals surface area (Å²) in [7, 11) is 0. The monoisotopic (exact) mass is 308 g/mol. The standard InChI is InChI=1S/C14H16N2O6/c1-2-22-10-3-4-12(16(20)21)11(7-10)13(17)15-6-5-9(8-15)14(18)19/h3-4,7,9H,2,5-6,8H2,1H3,(H,18,19). The Hall–Kier alpha value is -2.64. The molecular formula is C14H16N2O6. The fourth-order valence-electron chi connectivity index (χ4n) is 2.42.